The fraction of sp³-hybridized carbons (Fsp3) is 1.00. The Labute approximate surface area is 56.1 Å². The van der Waals surface area contributed by atoms with Crippen molar-refractivity contribution in [2.45, 2.75) is 19.8 Å². The van der Waals surface area contributed by atoms with Crippen LogP contribution in [0.3, 0.4) is 0 Å². The number of rotatable bonds is 1. The van der Waals surface area contributed by atoms with E-state index in [0.717, 1.165) is 17.8 Å². The van der Waals surface area contributed by atoms with Crippen molar-refractivity contribution in [3.8, 4) is 0 Å². The molecule has 3 fully saturated rings. The number of fused-ring (bicyclic) bond motifs is 1. The number of aliphatic hydroxyl groups is 1. The average molecular weight is 126 g/mol. The second-order valence-corrected chi connectivity index (χ2v) is 3.70. The van der Waals surface area contributed by atoms with E-state index >= 15 is 0 Å². The Bertz CT molecular complexity index is 116. The Morgan fingerprint density at radius 2 is 2.00 bits per heavy atom. The van der Waals surface area contributed by atoms with Gasteiger partial charge in [0.2, 0.25) is 0 Å². The molecule has 0 heterocycles. The minimum Gasteiger partial charge on any atom is -0.396 e. The predicted molar refractivity (Wildman–Crippen MR) is 36.0 cm³/mol. The third kappa shape index (κ3) is 0.586. The molecule has 0 aromatic carbocycles. The van der Waals surface area contributed by atoms with Gasteiger partial charge in [0.15, 0.2) is 0 Å². The Hall–Kier alpha value is -0.0400. The molecule has 0 spiro atoms. The largest absolute Gasteiger partial charge is 0.396 e. The summed E-state index contributed by atoms with van der Waals surface area (Å²) in [5, 5.41) is 8.93. The monoisotopic (exact) mass is 126 g/mol. The van der Waals surface area contributed by atoms with Crippen LogP contribution in [0, 0.1) is 23.7 Å². The van der Waals surface area contributed by atoms with E-state index in [0.29, 0.717) is 12.5 Å². The maximum Gasteiger partial charge on any atom is 0.0464 e. The van der Waals surface area contributed by atoms with Gasteiger partial charge in [-0.3, -0.25) is 0 Å². The van der Waals surface area contributed by atoms with E-state index in [-0.39, 0.29) is 0 Å². The molecule has 0 aliphatic heterocycles. The zero-order chi connectivity index (χ0) is 6.43. The van der Waals surface area contributed by atoms with E-state index < -0.39 is 0 Å². The summed E-state index contributed by atoms with van der Waals surface area (Å²) in [6, 6.07) is 0. The molecule has 1 nitrogen and oxygen atoms in total. The molecule has 3 rings (SSSR count). The first kappa shape index (κ1) is 5.72. The summed E-state index contributed by atoms with van der Waals surface area (Å²) in [4.78, 5) is 0. The van der Waals surface area contributed by atoms with Crippen molar-refractivity contribution >= 4 is 0 Å². The molecular formula is C8H14O. The van der Waals surface area contributed by atoms with E-state index in [4.69, 9.17) is 5.11 Å². The lowest BCUT2D eigenvalue weighted by molar-refractivity contribution is 0.179. The summed E-state index contributed by atoms with van der Waals surface area (Å²) in [7, 11) is 0. The lowest BCUT2D eigenvalue weighted by Gasteiger charge is -2.23. The Morgan fingerprint density at radius 3 is 2.22 bits per heavy atom. The van der Waals surface area contributed by atoms with Gasteiger partial charge in [0.25, 0.3) is 0 Å². The van der Waals surface area contributed by atoms with Gasteiger partial charge in [-0.05, 0) is 36.5 Å². The van der Waals surface area contributed by atoms with Gasteiger partial charge < -0.3 is 5.11 Å². The molecule has 1 N–H and O–H groups in total. The normalized spacial score (nSPS) is 55.3. The van der Waals surface area contributed by atoms with Crippen molar-refractivity contribution in [3.63, 3.8) is 0 Å². The van der Waals surface area contributed by atoms with Crippen LogP contribution in [-0.4, -0.2) is 11.7 Å². The van der Waals surface area contributed by atoms with E-state index in [1.807, 2.05) is 0 Å². The van der Waals surface area contributed by atoms with Gasteiger partial charge in [0.05, 0.1) is 0 Å². The second kappa shape index (κ2) is 1.72. The molecule has 3 aliphatic rings. The summed E-state index contributed by atoms with van der Waals surface area (Å²) >= 11 is 0. The molecule has 0 saturated heterocycles. The molecular weight excluding hydrogens is 112 g/mol. The van der Waals surface area contributed by atoms with Crippen molar-refractivity contribution in [3.05, 3.63) is 0 Å². The van der Waals surface area contributed by atoms with E-state index in [1.54, 1.807) is 0 Å². The van der Waals surface area contributed by atoms with Gasteiger partial charge in [0, 0.05) is 6.61 Å². The summed E-state index contributed by atoms with van der Waals surface area (Å²) in [5.41, 5.74) is 0. The first-order valence-electron chi connectivity index (χ1n) is 3.93. The summed E-state index contributed by atoms with van der Waals surface area (Å²) < 4.78 is 0. The minimum atomic E-state index is 0.433. The first-order chi connectivity index (χ1) is 4.33. The quantitative estimate of drug-likeness (QED) is 0.561. The highest BCUT2D eigenvalue weighted by Gasteiger charge is 2.49. The van der Waals surface area contributed by atoms with Crippen molar-refractivity contribution in [1.29, 1.82) is 0 Å². The molecule has 1 heteroatoms. The van der Waals surface area contributed by atoms with E-state index in [1.165, 1.54) is 12.8 Å². The lowest BCUT2D eigenvalue weighted by Crippen LogP contribution is -2.15. The molecule has 3 aliphatic carbocycles. The molecule has 0 radical (unpaired) electrons. The van der Waals surface area contributed by atoms with Crippen LogP contribution in [0.15, 0.2) is 0 Å². The van der Waals surface area contributed by atoms with Gasteiger partial charge in [0.1, 0.15) is 0 Å². The van der Waals surface area contributed by atoms with Crippen molar-refractivity contribution < 1.29 is 5.11 Å². The van der Waals surface area contributed by atoms with Crippen LogP contribution >= 0.6 is 0 Å². The molecule has 0 aromatic heterocycles. The van der Waals surface area contributed by atoms with Gasteiger partial charge >= 0.3 is 0 Å². The Balaban J connectivity index is 2.08. The lowest BCUT2D eigenvalue weighted by atomic mass is 9.82. The van der Waals surface area contributed by atoms with Crippen LogP contribution in [0.1, 0.15) is 19.8 Å². The zero-order valence-corrected chi connectivity index (χ0v) is 5.88. The molecule has 9 heavy (non-hydrogen) atoms. The predicted octanol–water partition coefficient (Wildman–Crippen LogP) is 1.27. The van der Waals surface area contributed by atoms with Gasteiger partial charge in [-0.2, -0.15) is 0 Å². The van der Waals surface area contributed by atoms with Gasteiger partial charge in [-0.25, -0.2) is 0 Å². The smallest absolute Gasteiger partial charge is 0.0464 e. The molecule has 0 aromatic rings. The van der Waals surface area contributed by atoms with Gasteiger partial charge in [-0.15, -0.1) is 0 Å². The summed E-state index contributed by atoms with van der Waals surface area (Å²) in [6.07, 6.45) is 2.82. The first-order valence-corrected chi connectivity index (χ1v) is 3.93. The molecule has 0 amide bonds. The number of aliphatic hydroxyl groups excluding tert-OH is 1. The topological polar surface area (TPSA) is 20.2 Å². The van der Waals surface area contributed by atoms with Crippen molar-refractivity contribution in [1.82, 2.24) is 0 Å². The Kier molecular flexibility index (Phi) is 1.10. The van der Waals surface area contributed by atoms with Crippen molar-refractivity contribution in [2.75, 3.05) is 6.61 Å². The van der Waals surface area contributed by atoms with Crippen LogP contribution < -0.4 is 0 Å². The van der Waals surface area contributed by atoms with Gasteiger partial charge in [-0.1, -0.05) is 6.92 Å². The fourth-order valence-electron chi connectivity index (χ4n) is 2.58. The van der Waals surface area contributed by atoms with Crippen LogP contribution in [0.2, 0.25) is 0 Å². The maximum atomic E-state index is 8.93. The molecule has 2 atom stereocenters. The van der Waals surface area contributed by atoms with Crippen LogP contribution in [-0.2, 0) is 0 Å². The molecule has 2 unspecified atom stereocenters. The Morgan fingerprint density at radius 1 is 1.33 bits per heavy atom. The van der Waals surface area contributed by atoms with Crippen LogP contribution in [0.4, 0.5) is 0 Å². The molecule has 3 saturated carbocycles. The fourth-order valence-corrected chi connectivity index (χ4v) is 2.58. The standard InChI is InChI=1S/C8H14O/c1-5-6-2-7(3-6)8(5)4-9/h5-9H,2-4H2,1H3. The molecule has 2 bridgehead atoms. The second-order valence-electron chi connectivity index (χ2n) is 3.70. The summed E-state index contributed by atoms with van der Waals surface area (Å²) in [6.45, 7) is 2.72. The zero-order valence-electron chi connectivity index (χ0n) is 5.88. The minimum absolute atomic E-state index is 0.433. The van der Waals surface area contributed by atoms with E-state index in [9.17, 15) is 0 Å². The van der Waals surface area contributed by atoms with E-state index in [2.05, 4.69) is 6.92 Å². The number of hydrogen-bond acceptors (Lipinski definition) is 1. The third-order valence-electron chi connectivity index (χ3n) is 3.45. The number of hydrogen-bond donors (Lipinski definition) is 1. The molecule has 52 valence electrons. The third-order valence-corrected chi connectivity index (χ3v) is 3.45. The van der Waals surface area contributed by atoms with Crippen molar-refractivity contribution in [2.24, 2.45) is 23.7 Å². The highest BCUT2D eigenvalue weighted by molar-refractivity contribution is 4.98. The average Bonchev–Trinajstić information content (AvgIpc) is 2.15. The highest BCUT2D eigenvalue weighted by Crippen LogP contribution is 2.55. The maximum absolute atomic E-state index is 8.93. The summed E-state index contributed by atoms with van der Waals surface area (Å²) in [5.74, 6) is 3.36. The van der Waals surface area contributed by atoms with Crippen LogP contribution in [0.5, 0.6) is 0 Å². The highest BCUT2D eigenvalue weighted by atomic mass is 16.3. The SMILES string of the molecule is CC1C2CC(C2)C1CO. The van der Waals surface area contributed by atoms with Crippen LogP contribution in [0.25, 0.3) is 0 Å².